The van der Waals surface area contributed by atoms with Crippen molar-refractivity contribution in [3.05, 3.63) is 100 Å². The zero-order chi connectivity index (χ0) is 19.6. The zero-order valence-electron chi connectivity index (χ0n) is 15.3. The fourth-order valence-corrected chi connectivity index (χ4v) is 5.08. The second-order valence-electron chi connectivity index (χ2n) is 7.39. The van der Waals surface area contributed by atoms with E-state index in [0.717, 1.165) is 48.7 Å². The van der Waals surface area contributed by atoms with E-state index in [9.17, 15) is 4.79 Å². The van der Waals surface area contributed by atoms with E-state index in [1.807, 2.05) is 67.0 Å². The Bertz CT molecular complexity index is 1430. The maximum atomic E-state index is 13.8. The van der Waals surface area contributed by atoms with Crippen molar-refractivity contribution in [2.45, 2.75) is 5.41 Å². The lowest BCUT2D eigenvalue weighted by Crippen LogP contribution is -2.36. The van der Waals surface area contributed by atoms with Crippen LogP contribution < -0.4 is 5.32 Å². The van der Waals surface area contributed by atoms with Crippen molar-refractivity contribution in [1.82, 2.24) is 9.97 Å². The van der Waals surface area contributed by atoms with E-state index < -0.39 is 5.41 Å². The van der Waals surface area contributed by atoms with Crippen LogP contribution in [0.15, 0.2) is 83.6 Å². The first-order valence-corrected chi connectivity index (χ1v) is 10.2. The van der Waals surface area contributed by atoms with E-state index in [4.69, 9.17) is 0 Å². The normalized spacial score (nSPS) is 18.3. The first-order valence-electron chi connectivity index (χ1n) is 9.44. The molecule has 140 valence electrons. The van der Waals surface area contributed by atoms with Crippen LogP contribution in [-0.2, 0) is 10.2 Å². The van der Waals surface area contributed by atoms with Gasteiger partial charge in [-0.05, 0) is 30.3 Å². The van der Waals surface area contributed by atoms with Gasteiger partial charge in [0.05, 0.1) is 0 Å². The summed E-state index contributed by atoms with van der Waals surface area (Å²) in [6, 6.07) is 22.2. The highest BCUT2D eigenvalue weighted by molar-refractivity contribution is 9.10. The molecule has 6 rings (SSSR count). The third-order valence-corrected chi connectivity index (χ3v) is 6.45. The van der Waals surface area contributed by atoms with Gasteiger partial charge in [0, 0.05) is 61.0 Å². The fraction of sp³-hybridized carbons (Fsp3) is 0.0417. The van der Waals surface area contributed by atoms with Gasteiger partial charge in [-0.25, -0.2) is 0 Å². The first-order chi connectivity index (χ1) is 14.2. The molecule has 3 heterocycles. The zero-order valence-corrected chi connectivity index (χ0v) is 16.9. The Morgan fingerprint density at radius 3 is 2.28 bits per heavy atom. The fourth-order valence-electron chi connectivity index (χ4n) is 4.72. The van der Waals surface area contributed by atoms with Crippen LogP contribution in [0, 0.1) is 0 Å². The van der Waals surface area contributed by atoms with Crippen molar-refractivity contribution >= 4 is 49.3 Å². The maximum absolute atomic E-state index is 13.8. The van der Waals surface area contributed by atoms with Gasteiger partial charge in [0.15, 0.2) is 0 Å². The van der Waals surface area contributed by atoms with Crippen molar-refractivity contribution in [2.24, 2.45) is 0 Å². The molecule has 1 aliphatic rings. The van der Waals surface area contributed by atoms with E-state index in [1.165, 1.54) is 0 Å². The second-order valence-corrected chi connectivity index (χ2v) is 8.31. The van der Waals surface area contributed by atoms with Gasteiger partial charge in [-0.3, -0.25) is 4.79 Å². The molecule has 1 aliphatic heterocycles. The lowest BCUT2D eigenvalue weighted by molar-refractivity contribution is -0.118. The van der Waals surface area contributed by atoms with Crippen molar-refractivity contribution in [3.63, 3.8) is 0 Å². The summed E-state index contributed by atoms with van der Waals surface area (Å²) in [7, 11) is 0. The Balaban J connectivity index is 1.80. The van der Waals surface area contributed by atoms with Crippen molar-refractivity contribution < 1.29 is 4.79 Å². The summed E-state index contributed by atoms with van der Waals surface area (Å²) in [4.78, 5) is 20.5. The smallest absolute Gasteiger partial charge is 0.244 e. The number of halogens is 1. The lowest BCUT2D eigenvalue weighted by atomic mass is 9.70. The summed E-state index contributed by atoms with van der Waals surface area (Å²) in [5.41, 5.74) is 4.79. The largest absolute Gasteiger partial charge is 0.361 e. The Kier molecular flexibility index (Phi) is 3.35. The van der Waals surface area contributed by atoms with Gasteiger partial charge in [0.2, 0.25) is 5.91 Å². The number of H-pyrrole nitrogens is 2. The summed E-state index contributed by atoms with van der Waals surface area (Å²) in [5.74, 6) is -0.0377. The Labute approximate surface area is 175 Å². The third-order valence-electron chi connectivity index (χ3n) is 5.96. The first kappa shape index (κ1) is 16.6. The number of amides is 1. The predicted molar refractivity (Wildman–Crippen MR) is 119 cm³/mol. The number of aromatic nitrogens is 2. The standard InChI is InChI=1S/C24H16BrN3O/c25-14-9-10-21-16(11-14)19(13-27-21)24(17-6-2-4-8-22(17)28-23(24)29)18-12-26-20-7-3-1-5-15(18)20/h1-13,26-27H,(H,28,29). The molecule has 1 atom stereocenters. The van der Waals surface area contributed by atoms with Crippen molar-refractivity contribution in [2.75, 3.05) is 5.32 Å². The van der Waals surface area contributed by atoms with E-state index in [-0.39, 0.29) is 5.91 Å². The van der Waals surface area contributed by atoms with Crippen LogP contribution in [0.25, 0.3) is 21.8 Å². The van der Waals surface area contributed by atoms with Gasteiger partial charge in [0.25, 0.3) is 0 Å². The number of carbonyl (C=O) groups excluding carboxylic acids is 1. The number of fused-ring (bicyclic) bond motifs is 3. The van der Waals surface area contributed by atoms with Crippen molar-refractivity contribution in [1.29, 1.82) is 0 Å². The van der Waals surface area contributed by atoms with Crippen LogP contribution >= 0.6 is 15.9 Å². The minimum Gasteiger partial charge on any atom is -0.361 e. The number of nitrogens with one attached hydrogen (secondary N) is 3. The van der Waals surface area contributed by atoms with Crippen LogP contribution in [0.2, 0.25) is 0 Å². The van der Waals surface area contributed by atoms with Crippen LogP contribution in [0.3, 0.4) is 0 Å². The van der Waals surface area contributed by atoms with E-state index in [2.05, 4.69) is 43.3 Å². The molecule has 0 spiro atoms. The molecule has 0 radical (unpaired) electrons. The summed E-state index contributed by atoms with van der Waals surface area (Å²) in [5, 5.41) is 5.20. The molecule has 2 aromatic heterocycles. The molecule has 1 amide bonds. The number of para-hydroxylation sites is 2. The monoisotopic (exact) mass is 441 g/mol. The van der Waals surface area contributed by atoms with Gasteiger partial charge in [-0.15, -0.1) is 0 Å². The lowest BCUT2D eigenvalue weighted by Gasteiger charge is -2.27. The minimum absolute atomic E-state index is 0.0377. The number of aromatic amines is 2. The molecule has 5 heteroatoms. The SMILES string of the molecule is O=C1Nc2ccccc2C1(c1c[nH]c2ccccc12)c1c[nH]c2ccc(Br)cc12. The highest BCUT2D eigenvalue weighted by Crippen LogP contribution is 2.51. The molecular weight excluding hydrogens is 426 g/mol. The minimum atomic E-state index is -0.949. The maximum Gasteiger partial charge on any atom is 0.244 e. The van der Waals surface area contributed by atoms with E-state index in [0.29, 0.717) is 0 Å². The number of anilines is 1. The molecule has 3 N–H and O–H groups in total. The average molecular weight is 442 g/mol. The van der Waals surface area contributed by atoms with Crippen molar-refractivity contribution in [3.8, 4) is 0 Å². The predicted octanol–water partition coefficient (Wildman–Crippen LogP) is 5.70. The van der Waals surface area contributed by atoms with Gasteiger partial charge in [0.1, 0.15) is 5.41 Å². The number of hydrogen-bond acceptors (Lipinski definition) is 1. The average Bonchev–Trinajstić information content (AvgIpc) is 3.42. The Morgan fingerprint density at radius 1 is 0.724 bits per heavy atom. The summed E-state index contributed by atoms with van der Waals surface area (Å²) in [6.07, 6.45) is 3.95. The highest BCUT2D eigenvalue weighted by Gasteiger charge is 2.52. The Hall–Kier alpha value is -3.31. The third kappa shape index (κ3) is 2.11. The van der Waals surface area contributed by atoms with Crippen LogP contribution in [0.5, 0.6) is 0 Å². The Morgan fingerprint density at radius 2 is 1.41 bits per heavy atom. The molecule has 0 fully saturated rings. The van der Waals surface area contributed by atoms with Gasteiger partial charge < -0.3 is 15.3 Å². The number of benzene rings is 3. The van der Waals surface area contributed by atoms with E-state index in [1.54, 1.807) is 0 Å². The topological polar surface area (TPSA) is 60.7 Å². The molecule has 5 aromatic rings. The molecule has 0 bridgehead atoms. The molecule has 0 saturated carbocycles. The number of hydrogen-bond donors (Lipinski definition) is 3. The van der Waals surface area contributed by atoms with Gasteiger partial charge in [-0.2, -0.15) is 0 Å². The molecule has 4 nitrogen and oxygen atoms in total. The summed E-state index contributed by atoms with van der Waals surface area (Å²) < 4.78 is 0.978. The second kappa shape index (κ2) is 5.84. The van der Waals surface area contributed by atoms with E-state index >= 15 is 0 Å². The summed E-state index contributed by atoms with van der Waals surface area (Å²) in [6.45, 7) is 0. The summed E-state index contributed by atoms with van der Waals surface area (Å²) >= 11 is 3.59. The van der Waals surface area contributed by atoms with Crippen LogP contribution in [0.4, 0.5) is 5.69 Å². The molecule has 29 heavy (non-hydrogen) atoms. The van der Waals surface area contributed by atoms with Gasteiger partial charge in [-0.1, -0.05) is 52.3 Å². The highest BCUT2D eigenvalue weighted by atomic mass is 79.9. The number of carbonyl (C=O) groups is 1. The molecule has 1 unspecified atom stereocenters. The quantitative estimate of drug-likeness (QED) is 0.323. The molecule has 3 aromatic carbocycles. The van der Waals surface area contributed by atoms with Crippen LogP contribution in [-0.4, -0.2) is 15.9 Å². The molecule has 0 saturated heterocycles. The van der Waals surface area contributed by atoms with Crippen LogP contribution in [0.1, 0.15) is 16.7 Å². The molecular formula is C24H16BrN3O. The number of rotatable bonds is 2. The molecule has 0 aliphatic carbocycles. The van der Waals surface area contributed by atoms with Gasteiger partial charge >= 0.3 is 0 Å².